The highest BCUT2D eigenvalue weighted by atomic mass is 32.2. The average molecular weight is 405 g/mol. The number of hydrogen-bond donors (Lipinski definition) is 0. The van der Waals surface area contributed by atoms with Crippen molar-refractivity contribution < 1.29 is 0 Å². The second kappa shape index (κ2) is 8.12. The first-order valence-corrected chi connectivity index (χ1v) is 11.8. The third-order valence-electron chi connectivity index (χ3n) is 5.60. The molecule has 1 aliphatic rings. The predicted octanol–water partition coefficient (Wildman–Crippen LogP) is 5.93. The summed E-state index contributed by atoms with van der Waals surface area (Å²) in [6.07, 6.45) is 6.17. The number of aromatic nitrogens is 2. The van der Waals surface area contributed by atoms with Crippen molar-refractivity contribution in [1.82, 2.24) is 9.55 Å². The molecule has 5 heteroatoms. The molecule has 2 aromatic heterocycles. The SMILES string of the molecule is C=CCn1c(SCCC(C)C)nc2sc3c(c2c1=O)CC[C@H](C(C)(C)C)C3. The predicted molar refractivity (Wildman–Crippen MR) is 119 cm³/mol. The minimum Gasteiger partial charge on any atom is -0.283 e. The van der Waals surface area contributed by atoms with Crippen LogP contribution >= 0.6 is 23.1 Å². The zero-order valence-corrected chi connectivity index (χ0v) is 18.9. The zero-order valence-electron chi connectivity index (χ0n) is 17.3. The summed E-state index contributed by atoms with van der Waals surface area (Å²) in [6.45, 7) is 15.8. The number of nitrogens with zero attached hydrogens (tertiary/aromatic N) is 2. The Kier molecular flexibility index (Phi) is 6.21. The highest BCUT2D eigenvalue weighted by molar-refractivity contribution is 7.99. The smallest absolute Gasteiger partial charge is 0.263 e. The van der Waals surface area contributed by atoms with Gasteiger partial charge in [0, 0.05) is 17.2 Å². The summed E-state index contributed by atoms with van der Waals surface area (Å²) in [4.78, 5) is 20.6. The second-order valence-electron chi connectivity index (χ2n) is 9.12. The fraction of sp³-hybridized carbons (Fsp3) is 0.636. The van der Waals surface area contributed by atoms with Crippen molar-refractivity contribution in [3.8, 4) is 0 Å². The molecular weight excluding hydrogens is 372 g/mol. The molecule has 0 amide bonds. The van der Waals surface area contributed by atoms with Gasteiger partial charge < -0.3 is 0 Å². The topological polar surface area (TPSA) is 34.9 Å². The quantitative estimate of drug-likeness (QED) is 0.340. The molecule has 1 atom stereocenters. The Bertz CT molecular complexity index is 886. The summed E-state index contributed by atoms with van der Waals surface area (Å²) in [6, 6.07) is 0. The van der Waals surface area contributed by atoms with E-state index in [0.717, 1.165) is 46.8 Å². The minimum atomic E-state index is 0.124. The summed E-state index contributed by atoms with van der Waals surface area (Å²) >= 11 is 3.46. The molecule has 148 valence electrons. The van der Waals surface area contributed by atoms with E-state index in [1.807, 2.05) is 4.57 Å². The molecule has 2 aromatic rings. The van der Waals surface area contributed by atoms with Crippen LogP contribution in [0, 0.1) is 17.3 Å². The van der Waals surface area contributed by atoms with E-state index >= 15 is 0 Å². The van der Waals surface area contributed by atoms with Crippen LogP contribution in [0.3, 0.4) is 0 Å². The van der Waals surface area contributed by atoms with Gasteiger partial charge in [0.15, 0.2) is 5.16 Å². The molecule has 0 unspecified atom stereocenters. The minimum absolute atomic E-state index is 0.124. The zero-order chi connectivity index (χ0) is 19.8. The Morgan fingerprint density at radius 2 is 2.15 bits per heavy atom. The first kappa shape index (κ1) is 20.7. The van der Waals surface area contributed by atoms with Gasteiger partial charge in [-0.05, 0) is 48.5 Å². The van der Waals surface area contributed by atoms with Crippen LogP contribution in [0.5, 0.6) is 0 Å². The van der Waals surface area contributed by atoms with E-state index in [9.17, 15) is 4.79 Å². The molecule has 2 heterocycles. The van der Waals surface area contributed by atoms with Crippen molar-refractivity contribution in [2.24, 2.45) is 17.3 Å². The normalized spacial score (nSPS) is 17.5. The number of rotatable bonds is 6. The molecule has 0 fully saturated rings. The summed E-state index contributed by atoms with van der Waals surface area (Å²) in [5.41, 5.74) is 1.70. The third-order valence-corrected chi connectivity index (χ3v) is 7.75. The Morgan fingerprint density at radius 1 is 1.41 bits per heavy atom. The average Bonchev–Trinajstić information content (AvgIpc) is 2.94. The molecule has 0 spiro atoms. The van der Waals surface area contributed by atoms with Gasteiger partial charge in [-0.1, -0.05) is 52.5 Å². The van der Waals surface area contributed by atoms with Crippen LogP contribution in [-0.4, -0.2) is 15.3 Å². The maximum absolute atomic E-state index is 13.3. The number of fused-ring (bicyclic) bond motifs is 3. The van der Waals surface area contributed by atoms with Crippen molar-refractivity contribution in [1.29, 1.82) is 0 Å². The van der Waals surface area contributed by atoms with Crippen LogP contribution in [0.15, 0.2) is 22.6 Å². The highest BCUT2D eigenvalue weighted by Gasteiger charge is 2.32. The lowest BCUT2D eigenvalue weighted by Gasteiger charge is -2.33. The Morgan fingerprint density at radius 3 is 2.78 bits per heavy atom. The number of allylic oxidation sites excluding steroid dienone is 1. The van der Waals surface area contributed by atoms with Crippen molar-refractivity contribution in [2.75, 3.05) is 5.75 Å². The van der Waals surface area contributed by atoms with Gasteiger partial charge in [-0.3, -0.25) is 9.36 Å². The van der Waals surface area contributed by atoms with E-state index in [2.05, 4.69) is 41.2 Å². The second-order valence-corrected chi connectivity index (χ2v) is 11.3. The Labute approximate surface area is 171 Å². The summed E-state index contributed by atoms with van der Waals surface area (Å²) in [5, 5.41) is 1.72. The van der Waals surface area contributed by atoms with Gasteiger partial charge in [0.05, 0.1) is 5.39 Å². The number of aryl methyl sites for hydroxylation is 1. The molecule has 0 saturated carbocycles. The lowest BCUT2D eigenvalue weighted by atomic mass is 9.72. The summed E-state index contributed by atoms with van der Waals surface area (Å²) < 4.78 is 1.82. The highest BCUT2D eigenvalue weighted by Crippen LogP contribution is 2.42. The maximum Gasteiger partial charge on any atom is 0.263 e. The van der Waals surface area contributed by atoms with Gasteiger partial charge >= 0.3 is 0 Å². The summed E-state index contributed by atoms with van der Waals surface area (Å²) in [7, 11) is 0. The molecule has 0 bridgehead atoms. The molecule has 0 saturated heterocycles. The monoisotopic (exact) mass is 404 g/mol. The van der Waals surface area contributed by atoms with Crippen molar-refractivity contribution >= 4 is 33.3 Å². The molecule has 0 aliphatic heterocycles. The van der Waals surface area contributed by atoms with E-state index in [1.54, 1.807) is 29.2 Å². The third kappa shape index (κ3) is 4.34. The van der Waals surface area contributed by atoms with Crippen molar-refractivity contribution in [3.05, 3.63) is 33.4 Å². The van der Waals surface area contributed by atoms with Crippen LogP contribution in [0.1, 0.15) is 57.9 Å². The number of thioether (sulfide) groups is 1. The first-order valence-electron chi connectivity index (χ1n) is 10.0. The van der Waals surface area contributed by atoms with Crippen LogP contribution in [0.2, 0.25) is 0 Å². The molecule has 3 rings (SSSR count). The standard InChI is InChI=1S/C22H32N2OS2/c1-7-11-24-20(25)18-16-9-8-15(22(4,5)6)13-17(16)27-19(18)23-21(24)26-12-10-14(2)3/h7,14-15H,1,8-13H2,2-6H3/t15-/m0/s1. The molecule has 1 aliphatic carbocycles. The van der Waals surface area contributed by atoms with Gasteiger partial charge in [0.1, 0.15) is 4.83 Å². The molecule has 27 heavy (non-hydrogen) atoms. The van der Waals surface area contributed by atoms with Gasteiger partial charge in [-0.2, -0.15) is 0 Å². The molecule has 0 aromatic carbocycles. The first-order chi connectivity index (χ1) is 12.7. The fourth-order valence-corrected chi connectivity index (χ4v) is 6.35. The lowest BCUT2D eigenvalue weighted by molar-refractivity contribution is 0.218. The largest absolute Gasteiger partial charge is 0.283 e. The Hall–Kier alpha value is -1.07. The Balaban J connectivity index is 2.03. The number of hydrogen-bond acceptors (Lipinski definition) is 4. The van der Waals surface area contributed by atoms with Crippen LogP contribution < -0.4 is 5.56 Å². The van der Waals surface area contributed by atoms with Gasteiger partial charge in [0.25, 0.3) is 5.56 Å². The van der Waals surface area contributed by atoms with E-state index in [1.165, 1.54) is 10.4 Å². The van der Waals surface area contributed by atoms with Crippen LogP contribution in [0.4, 0.5) is 0 Å². The van der Waals surface area contributed by atoms with E-state index in [0.29, 0.717) is 23.8 Å². The van der Waals surface area contributed by atoms with Crippen LogP contribution in [0.25, 0.3) is 10.2 Å². The molecule has 3 nitrogen and oxygen atoms in total. The maximum atomic E-state index is 13.3. The molecular formula is C22H32N2OS2. The van der Waals surface area contributed by atoms with Gasteiger partial charge in [-0.15, -0.1) is 17.9 Å². The van der Waals surface area contributed by atoms with Gasteiger partial charge in [0.2, 0.25) is 0 Å². The van der Waals surface area contributed by atoms with E-state index in [-0.39, 0.29) is 5.56 Å². The number of thiophene rings is 1. The van der Waals surface area contributed by atoms with E-state index in [4.69, 9.17) is 4.98 Å². The van der Waals surface area contributed by atoms with Crippen LogP contribution in [-0.2, 0) is 19.4 Å². The molecule has 0 radical (unpaired) electrons. The van der Waals surface area contributed by atoms with Gasteiger partial charge in [-0.25, -0.2) is 4.98 Å². The van der Waals surface area contributed by atoms with E-state index < -0.39 is 0 Å². The van der Waals surface area contributed by atoms with Crippen molar-refractivity contribution in [2.45, 2.75) is 72.0 Å². The van der Waals surface area contributed by atoms with Crippen molar-refractivity contribution in [3.63, 3.8) is 0 Å². The summed E-state index contributed by atoms with van der Waals surface area (Å²) in [5.74, 6) is 2.32. The molecule has 0 N–H and O–H groups in total. The lowest BCUT2D eigenvalue weighted by Crippen LogP contribution is -2.27. The fourth-order valence-electron chi connectivity index (χ4n) is 3.77.